The predicted molar refractivity (Wildman–Crippen MR) is 68.9 cm³/mol. The lowest BCUT2D eigenvalue weighted by Crippen LogP contribution is -2.49. The van der Waals surface area contributed by atoms with Gasteiger partial charge in [0.2, 0.25) is 0 Å². The van der Waals surface area contributed by atoms with Crippen molar-refractivity contribution in [2.45, 2.75) is 46.3 Å². The maximum atomic E-state index is 5.71. The van der Waals surface area contributed by atoms with E-state index in [0.29, 0.717) is 12.1 Å². The van der Waals surface area contributed by atoms with Gasteiger partial charge in [-0.15, -0.1) is 0 Å². The minimum Gasteiger partial charge on any atom is -0.377 e. The third-order valence-electron chi connectivity index (χ3n) is 3.52. The van der Waals surface area contributed by atoms with Crippen LogP contribution in [0.4, 0.5) is 0 Å². The Bertz CT molecular complexity index is 177. The normalized spacial score (nSPS) is 21.6. The van der Waals surface area contributed by atoms with E-state index in [1.54, 1.807) is 0 Å². The van der Waals surface area contributed by atoms with Crippen molar-refractivity contribution >= 4 is 0 Å². The number of piperazine rings is 1. The van der Waals surface area contributed by atoms with E-state index in [0.717, 1.165) is 19.6 Å². The molecule has 0 bridgehead atoms. The first kappa shape index (κ1) is 13.9. The van der Waals surface area contributed by atoms with Gasteiger partial charge < -0.3 is 4.74 Å². The molecule has 3 nitrogen and oxygen atoms in total. The van der Waals surface area contributed by atoms with E-state index < -0.39 is 0 Å². The van der Waals surface area contributed by atoms with E-state index in [2.05, 4.69) is 37.5 Å². The molecule has 0 amide bonds. The molecule has 0 radical (unpaired) electrons. The lowest BCUT2D eigenvalue weighted by molar-refractivity contribution is 0.0313. The van der Waals surface area contributed by atoms with E-state index in [4.69, 9.17) is 4.74 Å². The van der Waals surface area contributed by atoms with Crippen LogP contribution in [0.2, 0.25) is 0 Å². The van der Waals surface area contributed by atoms with Crippen LogP contribution in [-0.4, -0.2) is 61.3 Å². The fourth-order valence-corrected chi connectivity index (χ4v) is 2.00. The van der Waals surface area contributed by atoms with Crippen molar-refractivity contribution in [1.29, 1.82) is 0 Å². The molecule has 1 fully saturated rings. The van der Waals surface area contributed by atoms with Crippen molar-refractivity contribution in [1.82, 2.24) is 9.80 Å². The van der Waals surface area contributed by atoms with Crippen molar-refractivity contribution in [3.05, 3.63) is 0 Å². The molecule has 0 N–H and O–H groups in total. The van der Waals surface area contributed by atoms with Gasteiger partial charge in [0.25, 0.3) is 0 Å². The van der Waals surface area contributed by atoms with Gasteiger partial charge in [0.05, 0.1) is 12.7 Å². The highest BCUT2D eigenvalue weighted by molar-refractivity contribution is 4.73. The van der Waals surface area contributed by atoms with Crippen LogP contribution in [0.5, 0.6) is 0 Å². The highest BCUT2D eigenvalue weighted by Crippen LogP contribution is 2.05. The first-order chi connectivity index (χ1) is 7.63. The Morgan fingerprint density at radius 1 is 1.06 bits per heavy atom. The molecule has 0 aromatic carbocycles. The first-order valence-electron chi connectivity index (χ1n) is 6.71. The first-order valence-corrected chi connectivity index (χ1v) is 6.71. The van der Waals surface area contributed by atoms with Crippen LogP contribution in [0.3, 0.4) is 0 Å². The van der Waals surface area contributed by atoms with Crippen LogP contribution in [0.25, 0.3) is 0 Å². The average molecular weight is 228 g/mol. The van der Waals surface area contributed by atoms with Crippen LogP contribution in [-0.2, 0) is 4.74 Å². The van der Waals surface area contributed by atoms with Gasteiger partial charge in [-0.3, -0.25) is 9.80 Å². The van der Waals surface area contributed by atoms with Crippen molar-refractivity contribution in [2.24, 2.45) is 0 Å². The van der Waals surface area contributed by atoms with Gasteiger partial charge >= 0.3 is 0 Å². The Balaban J connectivity index is 2.08. The maximum absolute atomic E-state index is 5.71. The molecule has 0 aromatic rings. The lowest BCUT2D eigenvalue weighted by Gasteiger charge is -2.36. The Hall–Kier alpha value is -0.120. The van der Waals surface area contributed by atoms with Gasteiger partial charge in [0.1, 0.15) is 0 Å². The SMILES string of the molecule is CCC(C)OCCN1CCN(C(C)C)CC1. The summed E-state index contributed by atoms with van der Waals surface area (Å²) in [6.45, 7) is 15.7. The summed E-state index contributed by atoms with van der Waals surface area (Å²) < 4.78 is 5.71. The molecule has 1 aliphatic heterocycles. The van der Waals surface area contributed by atoms with Gasteiger partial charge in [-0.1, -0.05) is 6.92 Å². The molecule has 1 rings (SSSR count). The molecule has 3 heteroatoms. The van der Waals surface area contributed by atoms with Crippen LogP contribution >= 0.6 is 0 Å². The zero-order valence-corrected chi connectivity index (χ0v) is 11.4. The number of ether oxygens (including phenoxy) is 1. The molecule has 96 valence electrons. The molecule has 1 aliphatic rings. The van der Waals surface area contributed by atoms with Crippen molar-refractivity contribution in [2.75, 3.05) is 39.3 Å². The zero-order chi connectivity index (χ0) is 12.0. The third kappa shape index (κ3) is 4.81. The van der Waals surface area contributed by atoms with Gasteiger partial charge in [-0.2, -0.15) is 0 Å². The van der Waals surface area contributed by atoms with Crippen LogP contribution in [0.15, 0.2) is 0 Å². The molecule has 1 unspecified atom stereocenters. The topological polar surface area (TPSA) is 15.7 Å². The fraction of sp³-hybridized carbons (Fsp3) is 1.00. The Labute approximate surface area is 101 Å². The van der Waals surface area contributed by atoms with Crippen molar-refractivity contribution in [3.63, 3.8) is 0 Å². The molecule has 1 atom stereocenters. The van der Waals surface area contributed by atoms with Gasteiger partial charge in [0, 0.05) is 38.8 Å². The molecule has 0 aliphatic carbocycles. The summed E-state index contributed by atoms with van der Waals surface area (Å²) in [7, 11) is 0. The summed E-state index contributed by atoms with van der Waals surface area (Å²) >= 11 is 0. The van der Waals surface area contributed by atoms with Gasteiger partial charge in [-0.05, 0) is 27.2 Å². The summed E-state index contributed by atoms with van der Waals surface area (Å²) in [5, 5.41) is 0. The van der Waals surface area contributed by atoms with Gasteiger partial charge in [0.15, 0.2) is 0 Å². The Morgan fingerprint density at radius 3 is 2.19 bits per heavy atom. The average Bonchev–Trinajstić information content (AvgIpc) is 2.29. The van der Waals surface area contributed by atoms with E-state index in [1.165, 1.54) is 26.2 Å². The second-order valence-corrected chi connectivity index (χ2v) is 5.06. The molecule has 0 spiro atoms. The molecular weight excluding hydrogens is 200 g/mol. The summed E-state index contributed by atoms with van der Waals surface area (Å²) in [5.41, 5.74) is 0. The second-order valence-electron chi connectivity index (χ2n) is 5.06. The summed E-state index contributed by atoms with van der Waals surface area (Å²) in [4.78, 5) is 5.06. The number of hydrogen-bond donors (Lipinski definition) is 0. The predicted octanol–water partition coefficient (Wildman–Crippen LogP) is 1.83. The summed E-state index contributed by atoms with van der Waals surface area (Å²) in [6.07, 6.45) is 1.53. The Morgan fingerprint density at radius 2 is 1.69 bits per heavy atom. The Kier molecular flexibility index (Phi) is 6.32. The second kappa shape index (κ2) is 7.25. The van der Waals surface area contributed by atoms with E-state index >= 15 is 0 Å². The molecule has 0 saturated carbocycles. The minimum absolute atomic E-state index is 0.414. The third-order valence-corrected chi connectivity index (χ3v) is 3.52. The smallest absolute Gasteiger partial charge is 0.0597 e. The van der Waals surface area contributed by atoms with Gasteiger partial charge in [-0.25, -0.2) is 0 Å². The highest BCUT2D eigenvalue weighted by Gasteiger charge is 2.18. The monoisotopic (exact) mass is 228 g/mol. The van der Waals surface area contributed by atoms with E-state index in [9.17, 15) is 0 Å². The largest absolute Gasteiger partial charge is 0.377 e. The van der Waals surface area contributed by atoms with Crippen LogP contribution in [0.1, 0.15) is 34.1 Å². The zero-order valence-electron chi connectivity index (χ0n) is 11.4. The van der Waals surface area contributed by atoms with Crippen LogP contribution in [0, 0.1) is 0 Å². The summed E-state index contributed by atoms with van der Waals surface area (Å²) in [6, 6.07) is 0.693. The van der Waals surface area contributed by atoms with Crippen molar-refractivity contribution < 1.29 is 4.74 Å². The van der Waals surface area contributed by atoms with E-state index in [-0.39, 0.29) is 0 Å². The number of hydrogen-bond acceptors (Lipinski definition) is 3. The number of rotatable bonds is 6. The molecular formula is C13H28N2O. The van der Waals surface area contributed by atoms with Crippen LogP contribution < -0.4 is 0 Å². The molecule has 1 heterocycles. The van der Waals surface area contributed by atoms with Crippen molar-refractivity contribution in [3.8, 4) is 0 Å². The minimum atomic E-state index is 0.414. The maximum Gasteiger partial charge on any atom is 0.0597 e. The fourth-order valence-electron chi connectivity index (χ4n) is 2.00. The van der Waals surface area contributed by atoms with E-state index in [1.807, 2.05) is 0 Å². The number of nitrogens with zero attached hydrogens (tertiary/aromatic N) is 2. The summed E-state index contributed by atoms with van der Waals surface area (Å²) in [5.74, 6) is 0. The quantitative estimate of drug-likeness (QED) is 0.690. The standard InChI is InChI=1S/C13H28N2O/c1-5-13(4)16-11-10-14-6-8-15(9-7-14)12(2)3/h12-13H,5-11H2,1-4H3. The highest BCUT2D eigenvalue weighted by atomic mass is 16.5. The molecule has 1 saturated heterocycles. The lowest BCUT2D eigenvalue weighted by atomic mass is 10.2. The molecule has 16 heavy (non-hydrogen) atoms. The molecule has 0 aromatic heterocycles.